The van der Waals surface area contributed by atoms with Gasteiger partial charge in [0.15, 0.2) is 10.8 Å². The summed E-state index contributed by atoms with van der Waals surface area (Å²) in [4.78, 5) is 158. The first kappa shape index (κ1) is 75.7. The molecule has 554 valence electrons. The van der Waals surface area contributed by atoms with Crippen molar-refractivity contribution in [2.24, 2.45) is 33.6 Å². The van der Waals surface area contributed by atoms with Gasteiger partial charge in [-0.3, -0.25) is 53.1 Å². The van der Waals surface area contributed by atoms with Crippen LogP contribution in [-0.4, -0.2) is 166 Å². The van der Waals surface area contributed by atoms with Gasteiger partial charge in [-0.05, 0) is 165 Å². The topological polar surface area (TPSA) is 407 Å². The lowest BCUT2D eigenvalue weighted by molar-refractivity contribution is -0.248. The number of carbonyl (C=O) groups is 9. The summed E-state index contributed by atoms with van der Waals surface area (Å²) in [6.07, 6.45) is 11.8. The Morgan fingerprint density at radius 1 is 0.837 bits per heavy atom. The molecule has 6 heterocycles. The molecule has 10 N–H and O–H groups in total. The summed E-state index contributed by atoms with van der Waals surface area (Å²) in [5, 5.41) is 24.4. The third-order valence-electron chi connectivity index (χ3n) is 20.6. The van der Waals surface area contributed by atoms with Crippen LogP contribution in [0, 0.1) is 29.1 Å². The second kappa shape index (κ2) is 31.5. The number of hydrogen-bond acceptors (Lipinski definition) is 18. The molecule has 4 saturated carbocycles. The molecule has 6 aliphatic rings. The predicted molar refractivity (Wildman–Crippen MR) is 387 cm³/mol. The van der Waals surface area contributed by atoms with E-state index in [2.05, 4.69) is 39.8 Å². The van der Waals surface area contributed by atoms with E-state index < -0.39 is 85.0 Å². The summed E-state index contributed by atoms with van der Waals surface area (Å²) >= 11 is 1.29. The number of carbonyl (C=O) groups excluding carboxylic acids is 8. The minimum atomic E-state index is -4.45. The molecule has 104 heavy (non-hydrogen) atoms. The number of amides is 9. The summed E-state index contributed by atoms with van der Waals surface area (Å²) in [6.45, 7) is 11.5. The van der Waals surface area contributed by atoms with Crippen molar-refractivity contribution in [3.63, 3.8) is 0 Å². The van der Waals surface area contributed by atoms with Gasteiger partial charge in [-0.15, -0.1) is 0 Å². The largest absolute Gasteiger partial charge is 0.476 e. The van der Waals surface area contributed by atoms with Gasteiger partial charge in [0.05, 0.1) is 24.6 Å². The van der Waals surface area contributed by atoms with E-state index in [-0.39, 0.29) is 98.6 Å². The molecule has 4 bridgehead atoms. The number of nitrogens with two attached hydrogens (primary N) is 2. The maximum Gasteiger partial charge on any atom is 0.410 e. The lowest BCUT2D eigenvalue weighted by Crippen LogP contribution is -2.64. The number of imide groups is 1. The molecule has 4 aliphatic carbocycles. The van der Waals surface area contributed by atoms with Crippen molar-refractivity contribution in [2.75, 3.05) is 60.6 Å². The monoisotopic (exact) mass is 1470 g/mol. The van der Waals surface area contributed by atoms with E-state index in [0.29, 0.717) is 95.3 Å². The number of rotatable bonds is 33. The number of unbranched alkanes of at least 4 members (excludes halogenated alkanes) is 2. The normalized spacial score (nSPS) is 20.9. The number of ether oxygens (including phenoxy) is 2. The van der Waals surface area contributed by atoms with Gasteiger partial charge >= 0.3 is 25.7 Å². The number of primary amides is 2. The number of urea groups is 1. The van der Waals surface area contributed by atoms with Gasteiger partial charge in [0.1, 0.15) is 34.9 Å². The minimum Gasteiger partial charge on any atom is -0.476 e. The molecule has 0 saturated heterocycles. The highest BCUT2D eigenvalue weighted by atomic mass is 32.1. The number of hydrogen-bond donors (Lipinski definition) is 8. The first-order chi connectivity index (χ1) is 49.4. The van der Waals surface area contributed by atoms with Crippen molar-refractivity contribution >= 4 is 99.5 Å². The molecule has 0 radical (unpaired) electrons. The van der Waals surface area contributed by atoms with Crippen LogP contribution in [0.3, 0.4) is 0 Å². The molecule has 2 aromatic carbocycles. The van der Waals surface area contributed by atoms with Crippen molar-refractivity contribution in [2.45, 2.75) is 162 Å². The SMILES string of the molecule is Cc1c(-c2ccc(N3CCc4cccc(C(=O)Nc5nc6cccnc6s5)c4C3)nc2C(=O)O)cnn1CC12CC3(C)CC(C)(C1)CC(OCCN(CCCP(=O)(O)O)C(=O)OCc1ccc(N(C(=O)[C@@H](NC(=O)CCCCCN4C(=O)C=CC4=O)C(C)C)[C@@H](CCCNC(N)=O)C(N)=O)cc1)(C3)C2. The zero-order valence-corrected chi connectivity index (χ0v) is 60.8. The van der Waals surface area contributed by atoms with Crippen LogP contribution in [-0.2, 0) is 64.1 Å². The fourth-order valence-corrected chi connectivity index (χ4v) is 18.5. The molecule has 0 spiro atoms. The molecular formula is C73H91N14O15PS. The van der Waals surface area contributed by atoms with E-state index in [4.69, 9.17) is 31.0 Å². The molecule has 31 heteroatoms. The van der Waals surface area contributed by atoms with Crippen LogP contribution in [0.2, 0.25) is 0 Å². The summed E-state index contributed by atoms with van der Waals surface area (Å²) < 4.78 is 27.0. The highest BCUT2D eigenvalue weighted by Crippen LogP contribution is 2.72. The highest BCUT2D eigenvalue weighted by Gasteiger charge is 2.66. The number of nitrogens with one attached hydrogen (secondary N) is 3. The maximum absolute atomic E-state index is 14.8. The van der Waals surface area contributed by atoms with Crippen molar-refractivity contribution in [1.29, 1.82) is 0 Å². The molecule has 29 nitrogen and oxygen atoms in total. The second-order valence-electron chi connectivity index (χ2n) is 29.6. The van der Waals surface area contributed by atoms with Crippen LogP contribution in [0.4, 0.5) is 26.2 Å². The predicted octanol–water partition coefficient (Wildman–Crippen LogP) is 8.38. The van der Waals surface area contributed by atoms with Gasteiger partial charge < -0.3 is 56.3 Å². The Hall–Kier alpha value is -9.48. The molecule has 2 unspecified atom stereocenters. The molecule has 12 rings (SSSR count). The number of aromatic carboxylic acids is 1. The maximum atomic E-state index is 14.8. The van der Waals surface area contributed by atoms with Crippen LogP contribution in [0.15, 0.2) is 91.3 Å². The molecule has 9 amide bonds. The summed E-state index contributed by atoms with van der Waals surface area (Å²) in [7, 11) is -4.45. The van der Waals surface area contributed by atoms with Gasteiger partial charge in [0, 0.05) is 98.7 Å². The quantitative estimate of drug-likeness (QED) is 0.0109. The Bertz CT molecular complexity index is 4300. The third kappa shape index (κ3) is 17.8. The Labute approximate surface area is 606 Å². The Balaban J connectivity index is 0.743. The number of carboxylic acid groups (broad SMARTS) is 1. The Morgan fingerprint density at radius 2 is 1.58 bits per heavy atom. The fourth-order valence-electron chi connectivity index (χ4n) is 17.1. The van der Waals surface area contributed by atoms with Crippen LogP contribution in [0.1, 0.15) is 154 Å². The van der Waals surface area contributed by atoms with Crippen molar-refractivity contribution in [3.05, 3.63) is 125 Å². The lowest BCUT2D eigenvalue weighted by Gasteiger charge is -2.69. The molecule has 4 atom stereocenters. The molecule has 4 aromatic heterocycles. The van der Waals surface area contributed by atoms with Gasteiger partial charge in [0.2, 0.25) is 11.8 Å². The van der Waals surface area contributed by atoms with E-state index in [1.54, 1.807) is 68.7 Å². The van der Waals surface area contributed by atoms with Crippen LogP contribution >= 0.6 is 18.9 Å². The Morgan fingerprint density at radius 3 is 2.26 bits per heavy atom. The smallest absolute Gasteiger partial charge is 0.410 e. The highest BCUT2D eigenvalue weighted by molar-refractivity contribution is 7.51. The van der Waals surface area contributed by atoms with E-state index in [0.717, 1.165) is 53.8 Å². The number of nitrogens with zero attached hydrogens (tertiary/aromatic N) is 9. The first-order valence-electron chi connectivity index (χ1n) is 35.2. The van der Waals surface area contributed by atoms with Crippen LogP contribution in [0.5, 0.6) is 0 Å². The van der Waals surface area contributed by atoms with Gasteiger partial charge in [0.25, 0.3) is 23.6 Å². The average Bonchev–Trinajstić information content (AvgIpc) is 0.735. The molecule has 4 fully saturated rings. The van der Waals surface area contributed by atoms with Crippen molar-refractivity contribution in [3.8, 4) is 11.1 Å². The first-order valence-corrected chi connectivity index (χ1v) is 37.9. The van der Waals surface area contributed by atoms with Crippen molar-refractivity contribution < 1.29 is 72.1 Å². The standard InChI is InChI=1S/C73H91N14O15PS/c1-45(2)60(81-57(88)17-7-6-8-30-85-58(89)24-25-59(85)90)65(93)87(55(62(74)91)16-11-28-77-67(75)96)49-20-18-47(19-21-49)37-101-69(97)83(29-12-34-103(98,99)100)32-33-102-73-41-70(4)38-71(5,42-73)40-72(39-70,43-73)44-86-46(3)52(35-78-86)50-22-23-56(80-61(50)66(94)95)84-31-26-48-13-9-14-51(53(48)36-84)63(92)82-68-79-54-15-10-27-76-64(54)104-68/h9-10,13-15,18-25,27,35,45,55,60H,6-8,11-12,16-17,26,28-34,36-44H2,1-5H3,(H2,74,91)(H,81,88)(H,94,95)(H3,75,77,96)(H,79,82,92)(H2,98,99,100)/t55-,60-,70?,71?,72?,73?/m0/s1. The second-order valence-corrected chi connectivity index (χ2v) is 32.3. The molecule has 2 aliphatic heterocycles. The van der Waals surface area contributed by atoms with Crippen molar-refractivity contribution in [1.82, 2.24) is 45.2 Å². The third-order valence-corrected chi connectivity index (χ3v) is 22.4. The lowest BCUT2D eigenvalue weighted by atomic mass is 9.39. The summed E-state index contributed by atoms with van der Waals surface area (Å²) in [5.41, 5.74) is 15.6. The zero-order chi connectivity index (χ0) is 74.5. The number of carboxylic acids is 1. The Kier molecular flexibility index (Phi) is 22.9. The number of aromatic nitrogens is 5. The van der Waals surface area contributed by atoms with Gasteiger partial charge in [-0.2, -0.15) is 5.10 Å². The number of thiazole rings is 1. The minimum absolute atomic E-state index is 0.00341. The van der Waals surface area contributed by atoms with Gasteiger partial charge in [-0.1, -0.05) is 69.7 Å². The summed E-state index contributed by atoms with van der Waals surface area (Å²) in [6, 6.07) is 16.0. The van der Waals surface area contributed by atoms with Crippen LogP contribution < -0.4 is 37.2 Å². The number of fused-ring (bicyclic) bond motifs is 2. The number of benzene rings is 2. The van der Waals surface area contributed by atoms with E-state index >= 15 is 0 Å². The van der Waals surface area contributed by atoms with E-state index in [1.807, 2.05) is 40.8 Å². The fraction of sp³-hybridized carbons (Fsp3) is 0.493. The number of pyridine rings is 2. The summed E-state index contributed by atoms with van der Waals surface area (Å²) in [5.74, 6) is -4.25. The van der Waals surface area contributed by atoms with E-state index in [9.17, 15) is 62.6 Å². The molecular weight excluding hydrogens is 1380 g/mol. The van der Waals surface area contributed by atoms with Gasteiger partial charge in [-0.25, -0.2) is 29.3 Å². The molecule has 6 aromatic rings. The average molecular weight is 1470 g/mol. The zero-order valence-electron chi connectivity index (χ0n) is 59.1. The van der Waals surface area contributed by atoms with E-state index in [1.165, 1.54) is 33.3 Å². The van der Waals surface area contributed by atoms with Crippen LogP contribution in [0.25, 0.3) is 21.5 Å². The number of anilines is 3.